The molecule has 37 heavy (non-hydrogen) atoms. The number of nitrogens with zero attached hydrogens (tertiary/aromatic N) is 3. The van der Waals surface area contributed by atoms with E-state index in [1.54, 1.807) is 18.4 Å². The van der Waals surface area contributed by atoms with Crippen molar-refractivity contribution in [3.05, 3.63) is 126 Å². The van der Waals surface area contributed by atoms with Gasteiger partial charge in [-0.05, 0) is 54.1 Å². The van der Waals surface area contributed by atoms with Crippen LogP contribution in [0, 0.1) is 0 Å². The van der Waals surface area contributed by atoms with Crippen LogP contribution in [0.5, 0.6) is 5.75 Å². The molecular weight excluding hydrogens is 480 g/mol. The minimum absolute atomic E-state index is 0.141. The van der Waals surface area contributed by atoms with Gasteiger partial charge >= 0.3 is 6.03 Å². The van der Waals surface area contributed by atoms with Gasteiger partial charge in [-0.1, -0.05) is 48.5 Å². The van der Waals surface area contributed by atoms with Gasteiger partial charge in [0.05, 0.1) is 25.9 Å². The number of rotatable bonds is 9. The first-order valence-electron chi connectivity index (χ1n) is 12.1. The highest BCUT2D eigenvalue weighted by atomic mass is 32.1. The number of anilines is 1. The van der Waals surface area contributed by atoms with Gasteiger partial charge in [0.25, 0.3) is 0 Å². The Morgan fingerprint density at radius 1 is 0.919 bits per heavy atom. The highest BCUT2D eigenvalue weighted by Crippen LogP contribution is 2.26. The molecule has 2 amide bonds. The third-order valence-corrected chi connectivity index (χ3v) is 6.97. The van der Waals surface area contributed by atoms with Crippen LogP contribution in [-0.2, 0) is 19.6 Å². The van der Waals surface area contributed by atoms with Gasteiger partial charge in [0.2, 0.25) is 0 Å². The molecule has 0 spiro atoms. The van der Waals surface area contributed by atoms with Crippen molar-refractivity contribution in [3.8, 4) is 16.3 Å². The number of aromatic nitrogens is 2. The monoisotopic (exact) mass is 508 g/mol. The second kappa shape index (κ2) is 11.6. The highest BCUT2D eigenvalue weighted by molar-refractivity contribution is 7.13. The molecule has 186 valence electrons. The van der Waals surface area contributed by atoms with Gasteiger partial charge in [-0.15, -0.1) is 11.3 Å². The maximum absolute atomic E-state index is 13.3. The lowest BCUT2D eigenvalue weighted by atomic mass is 10.2. The Balaban J connectivity index is 1.32. The fraction of sp³-hybridized carbons (Fsp3) is 0.133. The van der Waals surface area contributed by atoms with Crippen LogP contribution in [0.25, 0.3) is 10.6 Å². The van der Waals surface area contributed by atoms with Gasteiger partial charge in [-0.3, -0.25) is 0 Å². The highest BCUT2D eigenvalue weighted by Gasteiger charge is 2.17. The molecule has 0 aliphatic heterocycles. The molecule has 0 radical (unpaired) electrons. The third-order valence-electron chi connectivity index (χ3n) is 6.03. The van der Waals surface area contributed by atoms with Crippen molar-refractivity contribution < 1.29 is 9.53 Å². The molecule has 1 N–H and O–H groups in total. The fourth-order valence-corrected chi connectivity index (χ4v) is 4.91. The third kappa shape index (κ3) is 6.26. The first-order chi connectivity index (χ1) is 18.2. The van der Waals surface area contributed by atoms with Crippen LogP contribution in [0.4, 0.5) is 10.5 Å². The second-order valence-corrected chi connectivity index (χ2v) is 9.50. The predicted octanol–water partition coefficient (Wildman–Crippen LogP) is 6.90. The van der Waals surface area contributed by atoms with Gasteiger partial charge in [0, 0.05) is 35.1 Å². The summed E-state index contributed by atoms with van der Waals surface area (Å²) >= 11 is 1.63. The predicted molar refractivity (Wildman–Crippen MR) is 149 cm³/mol. The van der Waals surface area contributed by atoms with Crippen LogP contribution < -0.4 is 10.1 Å². The summed E-state index contributed by atoms with van der Waals surface area (Å²) in [7, 11) is 1.66. The number of methoxy groups -OCH3 is 1. The molecule has 2 aromatic heterocycles. The number of carbonyl (C=O) groups excluding carboxylic acids is 1. The number of hydrogen-bond acceptors (Lipinski definition) is 4. The Labute approximate surface area is 220 Å². The summed E-state index contributed by atoms with van der Waals surface area (Å²) < 4.78 is 7.41. The Morgan fingerprint density at radius 3 is 2.38 bits per heavy atom. The fourth-order valence-electron chi connectivity index (χ4n) is 4.09. The summed E-state index contributed by atoms with van der Waals surface area (Å²) in [4.78, 5) is 20.0. The lowest BCUT2D eigenvalue weighted by molar-refractivity contribution is 0.205. The van der Waals surface area contributed by atoms with E-state index in [1.807, 2.05) is 102 Å². The van der Waals surface area contributed by atoms with Crippen LogP contribution in [0.15, 0.2) is 109 Å². The zero-order chi connectivity index (χ0) is 25.5. The zero-order valence-electron chi connectivity index (χ0n) is 20.6. The van der Waals surface area contributed by atoms with Gasteiger partial charge in [-0.25, -0.2) is 9.78 Å². The van der Waals surface area contributed by atoms with Crippen molar-refractivity contribution in [2.75, 3.05) is 12.4 Å². The number of thiazole rings is 1. The minimum Gasteiger partial charge on any atom is -0.497 e. The van der Waals surface area contributed by atoms with Crippen molar-refractivity contribution in [2.24, 2.45) is 0 Å². The molecule has 0 saturated heterocycles. The standard InChI is InChI=1S/C30H28N4O2S/c1-36-28-16-14-24(15-17-28)29-31-26(22-37-29)20-33-18-8-13-27(33)21-34(19-23-9-4-2-5-10-23)30(35)32-25-11-6-3-7-12-25/h2-18,22H,19-21H2,1H3,(H,32,35). The van der Waals surface area contributed by atoms with Crippen LogP contribution in [0.2, 0.25) is 0 Å². The molecule has 7 heteroatoms. The maximum Gasteiger partial charge on any atom is 0.322 e. The van der Waals surface area contributed by atoms with Crippen molar-refractivity contribution in [1.82, 2.24) is 14.5 Å². The summed E-state index contributed by atoms with van der Waals surface area (Å²) in [5.41, 5.74) is 4.94. The molecule has 0 aliphatic carbocycles. The molecule has 0 unspecified atom stereocenters. The number of nitrogens with one attached hydrogen (secondary N) is 1. The Kier molecular flexibility index (Phi) is 7.62. The summed E-state index contributed by atoms with van der Waals surface area (Å²) in [6.07, 6.45) is 2.04. The van der Waals surface area contributed by atoms with E-state index in [0.717, 1.165) is 39.0 Å². The van der Waals surface area contributed by atoms with Gasteiger partial charge in [0.1, 0.15) is 10.8 Å². The number of benzene rings is 3. The lowest BCUT2D eigenvalue weighted by Gasteiger charge is -2.24. The Morgan fingerprint density at radius 2 is 1.65 bits per heavy atom. The summed E-state index contributed by atoms with van der Waals surface area (Å²) in [5, 5.41) is 6.09. The normalized spacial score (nSPS) is 10.7. The molecular formula is C30H28N4O2S. The second-order valence-electron chi connectivity index (χ2n) is 8.64. The molecule has 0 atom stereocenters. The van der Waals surface area contributed by atoms with Crippen molar-refractivity contribution in [1.29, 1.82) is 0 Å². The molecule has 2 heterocycles. The SMILES string of the molecule is COc1ccc(-c2nc(Cn3cccc3CN(Cc3ccccc3)C(=O)Nc3ccccc3)cs2)cc1. The summed E-state index contributed by atoms with van der Waals surface area (Å²) in [6.45, 7) is 1.60. The molecule has 5 aromatic rings. The number of para-hydroxylation sites is 1. The summed E-state index contributed by atoms with van der Waals surface area (Å²) in [6, 6.07) is 31.5. The van der Waals surface area contributed by atoms with Crippen LogP contribution in [-0.4, -0.2) is 27.6 Å². The van der Waals surface area contributed by atoms with Crippen molar-refractivity contribution in [2.45, 2.75) is 19.6 Å². The number of carbonyl (C=O) groups is 1. The summed E-state index contributed by atoms with van der Waals surface area (Å²) in [5.74, 6) is 0.828. The van der Waals surface area contributed by atoms with Gasteiger partial charge in [0.15, 0.2) is 0 Å². The van der Waals surface area contributed by atoms with Crippen LogP contribution >= 0.6 is 11.3 Å². The minimum atomic E-state index is -0.141. The van der Waals surface area contributed by atoms with E-state index in [0.29, 0.717) is 19.6 Å². The zero-order valence-corrected chi connectivity index (χ0v) is 21.4. The Bertz CT molecular complexity index is 1430. The van der Waals surface area contributed by atoms with E-state index < -0.39 is 0 Å². The van der Waals surface area contributed by atoms with E-state index >= 15 is 0 Å². The lowest BCUT2D eigenvalue weighted by Crippen LogP contribution is -2.34. The van der Waals surface area contributed by atoms with E-state index in [-0.39, 0.29) is 6.03 Å². The molecule has 0 aliphatic rings. The molecule has 0 saturated carbocycles. The van der Waals surface area contributed by atoms with Gasteiger partial charge < -0.3 is 19.5 Å². The van der Waals surface area contributed by atoms with Crippen LogP contribution in [0.1, 0.15) is 17.0 Å². The number of amides is 2. The molecule has 0 fully saturated rings. The molecule has 5 rings (SSSR count). The smallest absolute Gasteiger partial charge is 0.322 e. The average molecular weight is 509 g/mol. The first kappa shape index (κ1) is 24.3. The first-order valence-corrected chi connectivity index (χ1v) is 12.9. The van der Waals surface area contributed by atoms with Gasteiger partial charge in [-0.2, -0.15) is 0 Å². The van der Waals surface area contributed by atoms with E-state index in [4.69, 9.17) is 9.72 Å². The average Bonchev–Trinajstić information content (AvgIpc) is 3.59. The van der Waals surface area contributed by atoms with E-state index in [1.165, 1.54) is 0 Å². The van der Waals surface area contributed by atoms with Crippen molar-refractivity contribution >= 4 is 23.1 Å². The molecule has 3 aromatic carbocycles. The number of urea groups is 1. The van der Waals surface area contributed by atoms with E-state index in [2.05, 4.69) is 21.3 Å². The maximum atomic E-state index is 13.3. The quantitative estimate of drug-likeness (QED) is 0.236. The molecule has 0 bridgehead atoms. The number of ether oxygens (including phenoxy) is 1. The van der Waals surface area contributed by atoms with Crippen LogP contribution in [0.3, 0.4) is 0 Å². The van der Waals surface area contributed by atoms with Crippen molar-refractivity contribution in [3.63, 3.8) is 0 Å². The topological polar surface area (TPSA) is 59.4 Å². The van der Waals surface area contributed by atoms with E-state index in [9.17, 15) is 4.79 Å². The molecule has 6 nitrogen and oxygen atoms in total. The Hall–Kier alpha value is -4.36. The largest absolute Gasteiger partial charge is 0.497 e. The number of hydrogen-bond donors (Lipinski definition) is 1.